The molecule has 0 spiro atoms. The second-order valence-electron chi connectivity index (χ2n) is 6.08. The van der Waals surface area contributed by atoms with Gasteiger partial charge in [0.2, 0.25) is 0 Å². The van der Waals surface area contributed by atoms with E-state index in [1.807, 2.05) is 12.1 Å². The first-order valence-electron chi connectivity index (χ1n) is 7.94. The third kappa shape index (κ3) is 2.38. The topological polar surface area (TPSA) is 37.4 Å². The van der Waals surface area contributed by atoms with Gasteiger partial charge in [-0.1, -0.05) is 48.5 Å². The number of fused-ring (bicyclic) bond motifs is 1. The number of amides is 2. The molecule has 0 unspecified atom stereocenters. The van der Waals surface area contributed by atoms with Gasteiger partial charge in [0.1, 0.15) is 0 Å². The normalized spacial score (nSPS) is 19.5. The van der Waals surface area contributed by atoms with E-state index in [-0.39, 0.29) is 17.9 Å². The zero-order valence-electron chi connectivity index (χ0n) is 12.7. The SMILES string of the molecule is O=C1C=CC(=O)N1[C@H]1CCc2c(Cc3ccccc3)cccc21. The molecule has 2 amide bonds. The summed E-state index contributed by atoms with van der Waals surface area (Å²) in [5.74, 6) is -0.386. The summed E-state index contributed by atoms with van der Waals surface area (Å²) in [7, 11) is 0. The van der Waals surface area contributed by atoms with Crippen molar-refractivity contribution in [3.05, 3.63) is 82.9 Å². The number of benzene rings is 2. The largest absolute Gasteiger partial charge is 0.269 e. The standard InChI is InChI=1S/C20H17NO2/c22-19-11-12-20(23)21(19)18-10-9-16-15(7-4-8-17(16)18)13-14-5-2-1-3-6-14/h1-8,11-12,18H,9-10,13H2/t18-/m0/s1. The number of rotatable bonds is 3. The van der Waals surface area contributed by atoms with Gasteiger partial charge in [-0.25, -0.2) is 0 Å². The molecule has 0 saturated heterocycles. The van der Waals surface area contributed by atoms with Crippen molar-refractivity contribution in [3.8, 4) is 0 Å². The van der Waals surface area contributed by atoms with Crippen molar-refractivity contribution >= 4 is 11.8 Å². The molecule has 23 heavy (non-hydrogen) atoms. The number of hydrogen-bond donors (Lipinski definition) is 0. The van der Waals surface area contributed by atoms with Crippen LogP contribution in [0.1, 0.15) is 34.7 Å². The molecule has 1 aliphatic carbocycles. The van der Waals surface area contributed by atoms with Crippen LogP contribution in [0.25, 0.3) is 0 Å². The Balaban J connectivity index is 1.67. The molecule has 0 saturated carbocycles. The number of nitrogens with zero attached hydrogens (tertiary/aromatic N) is 1. The molecule has 4 rings (SSSR count). The van der Waals surface area contributed by atoms with Crippen LogP contribution in [0.3, 0.4) is 0 Å². The minimum Gasteiger partial charge on any atom is -0.269 e. The fourth-order valence-corrected chi connectivity index (χ4v) is 3.68. The third-order valence-corrected chi connectivity index (χ3v) is 4.73. The van der Waals surface area contributed by atoms with E-state index < -0.39 is 0 Å². The Morgan fingerprint density at radius 2 is 1.65 bits per heavy atom. The van der Waals surface area contributed by atoms with Crippen LogP contribution in [0.5, 0.6) is 0 Å². The Hall–Kier alpha value is -2.68. The molecular weight excluding hydrogens is 286 g/mol. The van der Waals surface area contributed by atoms with Crippen molar-refractivity contribution in [2.45, 2.75) is 25.3 Å². The lowest BCUT2D eigenvalue weighted by molar-refractivity contribution is -0.139. The summed E-state index contributed by atoms with van der Waals surface area (Å²) in [6, 6.07) is 16.5. The van der Waals surface area contributed by atoms with E-state index in [1.165, 1.54) is 33.7 Å². The Morgan fingerprint density at radius 1 is 0.913 bits per heavy atom. The molecule has 0 bridgehead atoms. The lowest BCUT2D eigenvalue weighted by Crippen LogP contribution is -2.33. The zero-order chi connectivity index (χ0) is 15.8. The van der Waals surface area contributed by atoms with Crippen molar-refractivity contribution in [1.82, 2.24) is 4.90 Å². The highest BCUT2D eigenvalue weighted by atomic mass is 16.2. The van der Waals surface area contributed by atoms with Crippen molar-refractivity contribution < 1.29 is 9.59 Å². The molecule has 2 aromatic carbocycles. The lowest BCUT2D eigenvalue weighted by Gasteiger charge is -2.23. The molecule has 0 N–H and O–H groups in total. The predicted octanol–water partition coefficient (Wildman–Crippen LogP) is 3.19. The van der Waals surface area contributed by atoms with Crippen LogP contribution in [0.4, 0.5) is 0 Å². The molecule has 0 aromatic heterocycles. The second kappa shape index (κ2) is 5.51. The zero-order valence-corrected chi connectivity index (χ0v) is 12.7. The minimum atomic E-state index is -0.193. The van der Waals surface area contributed by atoms with Crippen LogP contribution in [-0.2, 0) is 22.4 Å². The van der Waals surface area contributed by atoms with E-state index >= 15 is 0 Å². The number of imide groups is 1. The molecule has 114 valence electrons. The molecule has 1 heterocycles. The van der Waals surface area contributed by atoms with Crippen molar-refractivity contribution in [3.63, 3.8) is 0 Å². The highest BCUT2D eigenvalue weighted by Crippen LogP contribution is 2.39. The molecule has 0 fully saturated rings. The Kier molecular flexibility index (Phi) is 3.34. The molecule has 3 heteroatoms. The molecule has 0 radical (unpaired) electrons. The van der Waals surface area contributed by atoms with E-state index in [9.17, 15) is 9.59 Å². The van der Waals surface area contributed by atoms with Crippen molar-refractivity contribution in [2.75, 3.05) is 0 Å². The molecule has 3 nitrogen and oxygen atoms in total. The van der Waals surface area contributed by atoms with E-state index in [4.69, 9.17) is 0 Å². The summed E-state index contributed by atoms with van der Waals surface area (Å²) < 4.78 is 0. The van der Waals surface area contributed by atoms with E-state index in [0.717, 1.165) is 24.8 Å². The van der Waals surface area contributed by atoms with Crippen LogP contribution in [-0.4, -0.2) is 16.7 Å². The maximum atomic E-state index is 12.0. The predicted molar refractivity (Wildman–Crippen MR) is 87.7 cm³/mol. The Morgan fingerprint density at radius 3 is 2.39 bits per heavy atom. The summed E-state index contributed by atoms with van der Waals surface area (Å²) in [5.41, 5.74) is 5.00. The van der Waals surface area contributed by atoms with Gasteiger partial charge in [0.05, 0.1) is 6.04 Å². The van der Waals surface area contributed by atoms with Gasteiger partial charge in [-0.3, -0.25) is 14.5 Å². The first-order chi connectivity index (χ1) is 11.2. The van der Waals surface area contributed by atoms with Crippen LogP contribution in [0.2, 0.25) is 0 Å². The van der Waals surface area contributed by atoms with E-state index in [0.29, 0.717) is 0 Å². The van der Waals surface area contributed by atoms with E-state index in [2.05, 4.69) is 36.4 Å². The minimum absolute atomic E-state index is 0.115. The van der Waals surface area contributed by atoms with Crippen LogP contribution < -0.4 is 0 Å². The lowest BCUT2D eigenvalue weighted by atomic mass is 9.96. The smallest absolute Gasteiger partial charge is 0.254 e. The van der Waals surface area contributed by atoms with Gasteiger partial charge in [0.25, 0.3) is 11.8 Å². The van der Waals surface area contributed by atoms with Gasteiger partial charge in [0, 0.05) is 12.2 Å². The summed E-state index contributed by atoms with van der Waals surface area (Å²) >= 11 is 0. The highest BCUT2D eigenvalue weighted by Gasteiger charge is 2.36. The molecule has 1 aliphatic heterocycles. The summed E-state index contributed by atoms with van der Waals surface area (Å²) in [6.07, 6.45) is 5.36. The van der Waals surface area contributed by atoms with Crippen LogP contribution >= 0.6 is 0 Å². The van der Waals surface area contributed by atoms with Gasteiger partial charge in [-0.2, -0.15) is 0 Å². The first-order valence-corrected chi connectivity index (χ1v) is 7.94. The van der Waals surface area contributed by atoms with Crippen molar-refractivity contribution in [1.29, 1.82) is 0 Å². The quantitative estimate of drug-likeness (QED) is 0.817. The molecular formula is C20H17NO2. The third-order valence-electron chi connectivity index (χ3n) is 4.73. The summed E-state index contributed by atoms with van der Waals surface area (Å²) in [5, 5.41) is 0. The van der Waals surface area contributed by atoms with Gasteiger partial charge in [-0.05, 0) is 41.5 Å². The summed E-state index contributed by atoms with van der Waals surface area (Å²) in [6.45, 7) is 0. The second-order valence-corrected chi connectivity index (χ2v) is 6.08. The average molecular weight is 303 g/mol. The average Bonchev–Trinajstić information content (AvgIpc) is 3.12. The van der Waals surface area contributed by atoms with Gasteiger partial charge >= 0.3 is 0 Å². The van der Waals surface area contributed by atoms with Gasteiger partial charge < -0.3 is 0 Å². The fraction of sp³-hybridized carbons (Fsp3) is 0.200. The van der Waals surface area contributed by atoms with E-state index in [1.54, 1.807) is 0 Å². The maximum absolute atomic E-state index is 12.0. The highest BCUT2D eigenvalue weighted by molar-refractivity contribution is 6.13. The van der Waals surface area contributed by atoms with Gasteiger partial charge in [0.15, 0.2) is 0 Å². The monoisotopic (exact) mass is 303 g/mol. The fourth-order valence-electron chi connectivity index (χ4n) is 3.68. The molecule has 2 aliphatic rings. The van der Waals surface area contributed by atoms with Crippen LogP contribution in [0, 0.1) is 0 Å². The maximum Gasteiger partial charge on any atom is 0.254 e. The summed E-state index contributed by atoms with van der Waals surface area (Å²) in [4.78, 5) is 25.4. The Labute approximate surface area is 135 Å². The first kappa shape index (κ1) is 13.9. The molecule has 2 aromatic rings. The number of hydrogen-bond acceptors (Lipinski definition) is 2. The number of carbonyl (C=O) groups excluding carboxylic acids is 2. The van der Waals surface area contributed by atoms with Crippen molar-refractivity contribution in [2.24, 2.45) is 0 Å². The van der Waals surface area contributed by atoms with Gasteiger partial charge in [-0.15, -0.1) is 0 Å². The Bertz CT molecular complexity index is 790. The van der Waals surface area contributed by atoms with Crippen LogP contribution in [0.15, 0.2) is 60.7 Å². The molecule has 1 atom stereocenters. The number of carbonyl (C=O) groups is 2.